The normalized spacial score (nSPS) is 12.1. The maximum Gasteiger partial charge on any atom is 0.328 e. The number of aliphatic carboxylic acids is 1. The Labute approximate surface area is 93.7 Å². The van der Waals surface area contributed by atoms with Crippen molar-refractivity contribution in [3.8, 4) is 0 Å². The standard InChI is InChI=1S/C11H15NO2S/c1-9(6-11(13)14)7-12(2)8-10-4-3-5-15-10/h3-6H,7-8H2,1-2H3,(H,13,14). The minimum atomic E-state index is -0.878. The highest BCUT2D eigenvalue weighted by atomic mass is 32.1. The van der Waals surface area contributed by atoms with Crippen molar-refractivity contribution in [3.05, 3.63) is 34.0 Å². The SMILES string of the molecule is CC(=CC(=O)O)CN(C)Cc1cccs1. The van der Waals surface area contributed by atoms with Crippen LogP contribution in [0.15, 0.2) is 29.2 Å². The predicted octanol–water partition coefficient (Wildman–Crippen LogP) is 2.21. The third kappa shape index (κ3) is 4.76. The molecule has 0 saturated carbocycles. The van der Waals surface area contributed by atoms with Crippen molar-refractivity contribution in [2.45, 2.75) is 13.5 Å². The Kier molecular flexibility index (Phi) is 4.52. The molecule has 1 rings (SSSR count). The molecule has 1 heterocycles. The molecule has 0 spiro atoms. The van der Waals surface area contributed by atoms with Crippen LogP contribution in [0, 0.1) is 0 Å². The number of thiophene rings is 1. The molecule has 15 heavy (non-hydrogen) atoms. The molecule has 0 amide bonds. The number of carboxylic acids is 1. The number of carbonyl (C=O) groups is 1. The first-order valence-corrected chi connectivity index (χ1v) is 5.57. The maximum absolute atomic E-state index is 10.4. The number of rotatable bonds is 5. The zero-order valence-electron chi connectivity index (χ0n) is 8.93. The zero-order valence-corrected chi connectivity index (χ0v) is 9.75. The third-order valence-electron chi connectivity index (χ3n) is 1.90. The Bertz CT molecular complexity index is 343. The minimum absolute atomic E-state index is 0.685. The largest absolute Gasteiger partial charge is 0.478 e. The van der Waals surface area contributed by atoms with Gasteiger partial charge >= 0.3 is 5.97 Å². The van der Waals surface area contributed by atoms with Crippen LogP contribution < -0.4 is 0 Å². The molecule has 0 aliphatic heterocycles. The van der Waals surface area contributed by atoms with Gasteiger partial charge in [0, 0.05) is 24.0 Å². The lowest BCUT2D eigenvalue weighted by atomic mass is 10.2. The second-order valence-electron chi connectivity index (χ2n) is 3.58. The summed E-state index contributed by atoms with van der Waals surface area (Å²) in [7, 11) is 1.99. The van der Waals surface area contributed by atoms with Gasteiger partial charge in [0.15, 0.2) is 0 Å². The lowest BCUT2D eigenvalue weighted by Crippen LogP contribution is -2.19. The average Bonchev–Trinajstić information content (AvgIpc) is 2.53. The van der Waals surface area contributed by atoms with Gasteiger partial charge in [-0.05, 0) is 25.4 Å². The number of hydrogen-bond donors (Lipinski definition) is 1. The van der Waals surface area contributed by atoms with Crippen LogP contribution in [0.4, 0.5) is 0 Å². The van der Waals surface area contributed by atoms with Crippen molar-refractivity contribution in [2.24, 2.45) is 0 Å². The number of likely N-dealkylation sites (N-methyl/N-ethyl adjacent to an activating group) is 1. The monoisotopic (exact) mass is 225 g/mol. The molecule has 0 atom stereocenters. The summed E-state index contributed by atoms with van der Waals surface area (Å²) in [4.78, 5) is 13.8. The van der Waals surface area contributed by atoms with Gasteiger partial charge in [0.2, 0.25) is 0 Å². The van der Waals surface area contributed by atoms with Crippen LogP contribution in [-0.4, -0.2) is 29.6 Å². The van der Waals surface area contributed by atoms with Crippen LogP contribution in [0.5, 0.6) is 0 Å². The third-order valence-corrected chi connectivity index (χ3v) is 2.76. The van der Waals surface area contributed by atoms with Gasteiger partial charge in [-0.2, -0.15) is 0 Å². The molecule has 3 nitrogen and oxygen atoms in total. The van der Waals surface area contributed by atoms with Gasteiger partial charge in [-0.1, -0.05) is 11.6 Å². The summed E-state index contributed by atoms with van der Waals surface area (Å²) < 4.78 is 0. The van der Waals surface area contributed by atoms with Crippen molar-refractivity contribution >= 4 is 17.3 Å². The molecular weight excluding hydrogens is 210 g/mol. The van der Waals surface area contributed by atoms with E-state index in [2.05, 4.69) is 11.0 Å². The average molecular weight is 225 g/mol. The summed E-state index contributed by atoms with van der Waals surface area (Å²) in [6.45, 7) is 3.38. The molecule has 0 radical (unpaired) electrons. The first-order valence-electron chi connectivity index (χ1n) is 4.69. The molecule has 0 unspecified atom stereocenters. The molecule has 1 aromatic heterocycles. The molecule has 1 aromatic rings. The van der Waals surface area contributed by atoms with Crippen molar-refractivity contribution in [2.75, 3.05) is 13.6 Å². The van der Waals surface area contributed by atoms with E-state index in [1.54, 1.807) is 11.3 Å². The Balaban J connectivity index is 2.42. The van der Waals surface area contributed by atoms with Gasteiger partial charge < -0.3 is 5.11 Å². The highest BCUT2D eigenvalue weighted by Gasteiger charge is 2.02. The molecule has 0 aromatic carbocycles. The Morgan fingerprint density at radius 3 is 2.93 bits per heavy atom. The lowest BCUT2D eigenvalue weighted by molar-refractivity contribution is -0.131. The fraction of sp³-hybridized carbons (Fsp3) is 0.364. The van der Waals surface area contributed by atoms with Crippen molar-refractivity contribution in [1.29, 1.82) is 0 Å². The number of nitrogens with zero attached hydrogens (tertiary/aromatic N) is 1. The van der Waals surface area contributed by atoms with E-state index in [1.807, 2.05) is 25.4 Å². The fourth-order valence-corrected chi connectivity index (χ4v) is 2.19. The first-order chi connectivity index (χ1) is 7.08. The quantitative estimate of drug-likeness (QED) is 0.781. The minimum Gasteiger partial charge on any atom is -0.478 e. The van der Waals surface area contributed by atoms with E-state index in [0.717, 1.165) is 12.1 Å². The van der Waals surface area contributed by atoms with Crippen LogP contribution in [0.1, 0.15) is 11.8 Å². The molecule has 82 valence electrons. The van der Waals surface area contributed by atoms with E-state index in [4.69, 9.17) is 5.11 Å². The second kappa shape index (κ2) is 5.68. The van der Waals surface area contributed by atoms with Crippen molar-refractivity contribution in [3.63, 3.8) is 0 Å². The summed E-state index contributed by atoms with van der Waals surface area (Å²) in [5.41, 5.74) is 0.863. The lowest BCUT2D eigenvalue weighted by Gasteiger charge is -2.15. The summed E-state index contributed by atoms with van der Waals surface area (Å²) in [6.07, 6.45) is 1.25. The molecule has 0 aliphatic carbocycles. The van der Waals surface area contributed by atoms with Gasteiger partial charge in [0.05, 0.1) is 0 Å². The van der Waals surface area contributed by atoms with E-state index < -0.39 is 5.97 Å². The zero-order chi connectivity index (χ0) is 11.3. The predicted molar refractivity (Wildman–Crippen MR) is 62.0 cm³/mol. The maximum atomic E-state index is 10.4. The van der Waals surface area contributed by atoms with Gasteiger partial charge in [0.1, 0.15) is 0 Å². The van der Waals surface area contributed by atoms with Crippen LogP contribution in [0.3, 0.4) is 0 Å². The van der Waals surface area contributed by atoms with E-state index >= 15 is 0 Å². The van der Waals surface area contributed by atoms with E-state index in [-0.39, 0.29) is 0 Å². The molecule has 0 fully saturated rings. The van der Waals surface area contributed by atoms with E-state index in [0.29, 0.717) is 6.54 Å². The summed E-state index contributed by atoms with van der Waals surface area (Å²) in [5, 5.41) is 10.6. The molecular formula is C11H15NO2S. The van der Waals surface area contributed by atoms with Gasteiger partial charge in [0.25, 0.3) is 0 Å². The first kappa shape index (κ1) is 11.9. The van der Waals surface area contributed by atoms with Gasteiger partial charge in [-0.3, -0.25) is 4.90 Å². The molecule has 0 saturated heterocycles. The Hall–Kier alpha value is -1.13. The van der Waals surface area contributed by atoms with Crippen LogP contribution in [-0.2, 0) is 11.3 Å². The summed E-state index contributed by atoms with van der Waals surface area (Å²) >= 11 is 1.71. The van der Waals surface area contributed by atoms with E-state index in [9.17, 15) is 4.79 Å². The summed E-state index contributed by atoms with van der Waals surface area (Å²) in [6, 6.07) is 4.10. The Morgan fingerprint density at radius 1 is 1.67 bits per heavy atom. The van der Waals surface area contributed by atoms with Gasteiger partial charge in [-0.15, -0.1) is 11.3 Å². The van der Waals surface area contributed by atoms with Crippen molar-refractivity contribution in [1.82, 2.24) is 4.90 Å². The highest BCUT2D eigenvalue weighted by molar-refractivity contribution is 7.09. The fourth-order valence-electron chi connectivity index (χ4n) is 1.41. The molecule has 4 heteroatoms. The molecule has 0 bridgehead atoms. The van der Waals surface area contributed by atoms with Crippen LogP contribution >= 0.6 is 11.3 Å². The van der Waals surface area contributed by atoms with Gasteiger partial charge in [-0.25, -0.2) is 4.79 Å². The highest BCUT2D eigenvalue weighted by Crippen LogP contribution is 2.11. The van der Waals surface area contributed by atoms with Crippen molar-refractivity contribution < 1.29 is 9.90 Å². The number of hydrogen-bond acceptors (Lipinski definition) is 3. The molecule has 0 aliphatic rings. The molecule has 1 N–H and O–H groups in total. The number of carboxylic acid groups (broad SMARTS) is 1. The smallest absolute Gasteiger partial charge is 0.328 e. The van der Waals surface area contributed by atoms with Crippen LogP contribution in [0.2, 0.25) is 0 Å². The van der Waals surface area contributed by atoms with Crippen LogP contribution in [0.25, 0.3) is 0 Å². The summed E-state index contributed by atoms with van der Waals surface area (Å²) in [5.74, 6) is -0.878. The second-order valence-corrected chi connectivity index (χ2v) is 4.61. The Morgan fingerprint density at radius 2 is 2.40 bits per heavy atom. The topological polar surface area (TPSA) is 40.5 Å². The van der Waals surface area contributed by atoms with E-state index in [1.165, 1.54) is 11.0 Å².